The molecule has 5 nitrogen and oxygen atoms in total. The number of carbonyl (C=O) groups is 2. The van der Waals surface area contributed by atoms with Gasteiger partial charge >= 0.3 is 0 Å². The molecule has 0 spiro atoms. The molecule has 2 aromatic carbocycles. The van der Waals surface area contributed by atoms with E-state index in [1.54, 1.807) is 23.1 Å². The van der Waals surface area contributed by atoms with E-state index in [0.717, 1.165) is 5.56 Å². The summed E-state index contributed by atoms with van der Waals surface area (Å²) in [7, 11) is 0. The van der Waals surface area contributed by atoms with Gasteiger partial charge in [-0.2, -0.15) is 0 Å². The number of amides is 2. The van der Waals surface area contributed by atoms with Crippen LogP contribution in [0.15, 0.2) is 48.5 Å². The highest BCUT2D eigenvalue weighted by Crippen LogP contribution is 2.23. The van der Waals surface area contributed by atoms with Gasteiger partial charge in [-0.05, 0) is 23.8 Å². The van der Waals surface area contributed by atoms with Gasteiger partial charge in [0.25, 0.3) is 5.91 Å². The predicted octanol–water partition coefficient (Wildman–Crippen LogP) is 3.07. The maximum Gasteiger partial charge on any atom is 0.253 e. The van der Waals surface area contributed by atoms with Crippen molar-refractivity contribution in [1.82, 2.24) is 15.1 Å². The van der Waals surface area contributed by atoms with Gasteiger partial charge in [-0.3, -0.25) is 14.5 Å². The molecule has 27 heavy (non-hydrogen) atoms. The highest BCUT2D eigenvalue weighted by atomic mass is 35.5. The van der Waals surface area contributed by atoms with Crippen LogP contribution in [0.5, 0.6) is 0 Å². The molecule has 1 aliphatic heterocycles. The number of nitrogens with one attached hydrogen (secondary N) is 1. The zero-order chi connectivity index (χ0) is 19.2. The van der Waals surface area contributed by atoms with Crippen molar-refractivity contribution in [2.45, 2.75) is 6.54 Å². The average molecular weight is 406 g/mol. The molecule has 142 valence electrons. The molecule has 0 atom stereocenters. The number of benzene rings is 2. The van der Waals surface area contributed by atoms with Crippen LogP contribution in [0.2, 0.25) is 10.0 Å². The van der Waals surface area contributed by atoms with Crippen molar-refractivity contribution in [3.8, 4) is 0 Å². The molecule has 0 unspecified atom stereocenters. The standard InChI is InChI=1S/C20H21Cl2N3O2/c21-17-7-6-16(12-18(17)22)20(27)25-10-8-24(9-11-25)14-19(26)23-13-15-4-2-1-3-5-15/h1-7,12H,8-11,13-14H2,(H,23,26). The van der Waals surface area contributed by atoms with Gasteiger partial charge < -0.3 is 10.2 Å². The van der Waals surface area contributed by atoms with Crippen LogP contribution < -0.4 is 5.32 Å². The molecule has 1 saturated heterocycles. The van der Waals surface area contributed by atoms with Crippen molar-refractivity contribution in [2.75, 3.05) is 32.7 Å². The lowest BCUT2D eigenvalue weighted by molar-refractivity contribution is -0.122. The van der Waals surface area contributed by atoms with Crippen LogP contribution in [0.4, 0.5) is 0 Å². The van der Waals surface area contributed by atoms with E-state index in [2.05, 4.69) is 10.2 Å². The normalized spacial score (nSPS) is 14.8. The van der Waals surface area contributed by atoms with Crippen molar-refractivity contribution < 1.29 is 9.59 Å². The zero-order valence-corrected chi connectivity index (χ0v) is 16.3. The molecule has 1 N–H and O–H groups in total. The Morgan fingerprint density at radius 2 is 1.63 bits per heavy atom. The molecule has 0 bridgehead atoms. The van der Waals surface area contributed by atoms with Crippen LogP contribution in [0.1, 0.15) is 15.9 Å². The molecule has 1 aliphatic rings. The Labute approximate surface area is 168 Å². The van der Waals surface area contributed by atoms with Crippen molar-refractivity contribution >= 4 is 35.0 Å². The third-order valence-electron chi connectivity index (χ3n) is 4.53. The highest BCUT2D eigenvalue weighted by molar-refractivity contribution is 6.42. The fraction of sp³-hybridized carbons (Fsp3) is 0.300. The molecule has 0 aliphatic carbocycles. The van der Waals surface area contributed by atoms with Gasteiger partial charge in [-0.15, -0.1) is 0 Å². The number of nitrogens with zero attached hydrogens (tertiary/aromatic N) is 2. The monoisotopic (exact) mass is 405 g/mol. The van der Waals surface area contributed by atoms with Gasteiger partial charge in [0, 0.05) is 38.3 Å². The molecule has 1 fully saturated rings. The first-order valence-corrected chi connectivity index (χ1v) is 9.56. The SMILES string of the molecule is O=C(CN1CCN(C(=O)c2ccc(Cl)c(Cl)c2)CC1)NCc1ccccc1. The number of hydrogen-bond donors (Lipinski definition) is 1. The molecule has 0 saturated carbocycles. The second kappa shape index (κ2) is 9.22. The van der Waals surface area contributed by atoms with Gasteiger partial charge in [0.05, 0.1) is 16.6 Å². The smallest absolute Gasteiger partial charge is 0.253 e. The Kier molecular flexibility index (Phi) is 6.72. The van der Waals surface area contributed by atoms with Crippen molar-refractivity contribution in [2.24, 2.45) is 0 Å². The van der Waals surface area contributed by atoms with Crippen LogP contribution >= 0.6 is 23.2 Å². The van der Waals surface area contributed by atoms with E-state index in [-0.39, 0.29) is 11.8 Å². The Morgan fingerprint density at radius 1 is 0.926 bits per heavy atom. The van der Waals surface area contributed by atoms with E-state index in [1.165, 1.54) is 0 Å². The lowest BCUT2D eigenvalue weighted by atomic mass is 10.2. The summed E-state index contributed by atoms with van der Waals surface area (Å²) in [5.41, 5.74) is 1.60. The van der Waals surface area contributed by atoms with E-state index >= 15 is 0 Å². The van der Waals surface area contributed by atoms with E-state index in [4.69, 9.17) is 23.2 Å². The van der Waals surface area contributed by atoms with E-state index < -0.39 is 0 Å². The van der Waals surface area contributed by atoms with Gasteiger partial charge in [0.15, 0.2) is 0 Å². The molecule has 2 aromatic rings. The second-order valence-electron chi connectivity index (χ2n) is 6.46. The molecule has 3 rings (SSSR count). The average Bonchev–Trinajstić information content (AvgIpc) is 2.69. The second-order valence-corrected chi connectivity index (χ2v) is 7.27. The Morgan fingerprint density at radius 3 is 2.30 bits per heavy atom. The summed E-state index contributed by atoms with van der Waals surface area (Å²) in [6, 6.07) is 14.7. The van der Waals surface area contributed by atoms with Gasteiger partial charge in [0.1, 0.15) is 0 Å². The van der Waals surface area contributed by atoms with E-state index in [0.29, 0.717) is 54.9 Å². The van der Waals surface area contributed by atoms with Crippen LogP contribution in [0.3, 0.4) is 0 Å². The minimum atomic E-state index is -0.0678. The molecule has 1 heterocycles. The van der Waals surface area contributed by atoms with Gasteiger partial charge in [-0.1, -0.05) is 53.5 Å². The topological polar surface area (TPSA) is 52.7 Å². The number of hydrogen-bond acceptors (Lipinski definition) is 3. The fourth-order valence-corrected chi connectivity index (χ4v) is 3.27. The van der Waals surface area contributed by atoms with E-state index in [9.17, 15) is 9.59 Å². The summed E-state index contributed by atoms with van der Waals surface area (Å²) in [4.78, 5) is 28.5. The first kappa shape index (κ1) is 19.7. The Balaban J connectivity index is 1.45. The van der Waals surface area contributed by atoms with Crippen molar-refractivity contribution in [3.05, 3.63) is 69.7 Å². The summed E-state index contributed by atoms with van der Waals surface area (Å²) >= 11 is 11.9. The van der Waals surface area contributed by atoms with Crippen molar-refractivity contribution in [3.63, 3.8) is 0 Å². The minimum Gasteiger partial charge on any atom is -0.351 e. The number of carbonyl (C=O) groups excluding carboxylic acids is 2. The van der Waals surface area contributed by atoms with Crippen molar-refractivity contribution in [1.29, 1.82) is 0 Å². The maximum absolute atomic E-state index is 12.6. The number of piperazine rings is 1. The summed E-state index contributed by atoms with van der Waals surface area (Å²) in [6.45, 7) is 3.32. The number of rotatable bonds is 5. The molecule has 0 aromatic heterocycles. The van der Waals surface area contributed by atoms with Crippen LogP contribution in [-0.4, -0.2) is 54.3 Å². The molecule has 2 amide bonds. The summed E-state index contributed by atoms with van der Waals surface area (Å²) in [5.74, 6) is -0.0788. The van der Waals surface area contributed by atoms with Crippen LogP contribution in [-0.2, 0) is 11.3 Å². The van der Waals surface area contributed by atoms with E-state index in [1.807, 2.05) is 30.3 Å². The molecular formula is C20H21Cl2N3O2. The molecule has 7 heteroatoms. The highest BCUT2D eigenvalue weighted by Gasteiger charge is 2.23. The van der Waals surface area contributed by atoms with Crippen LogP contribution in [0.25, 0.3) is 0 Å². The zero-order valence-electron chi connectivity index (χ0n) is 14.8. The fourth-order valence-electron chi connectivity index (χ4n) is 2.98. The first-order valence-electron chi connectivity index (χ1n) is 8.80. The lowest BCUT2D eigenvalue weighted by Crippen LogP contribution is -2.51. The third-order valence-corrected chi connectivity index (χ3v) is 5.26. The van der Waals surface area contributed by atoms with Crippen LogP contribution in [0, 0.1) is 0 Å². The lowest BCUT2D eigenvalue weighted by Gasteiger charge is -2.34. The maximum atomic E-state index is 12.6. The predicted molar refractivity (Wildman–Crippen MR) is 107 cm³/mol. The Hall–Kier alpha value is -2.08. The largest absolute Gasteiger partial charge is 0.351 e. The Bertz CT molecular complexity index is 806. The first-order chi connectivity index (χ1) is 13.0. The van der Waals surface area contributed by atoms with Gasteiger partial charge in [0.2, 0.25) is 5.91 Å². The summed E-state index contributed by atoms with van der Waals surface area (Å²) < 4.78 is 0. The minimum absolute atomic E-state index is 0.0110. The molecular weight excluding hydrogens is 385 g/mol. The quantitative estimate of drug-likeness (QED) is 0.831. The van der Waals surface area contributed by atoms with Gasteiger partial charge in [-0.25, -0.2) is 0 Å². The number of halogens is 2. The third kappa shape index (κ3) is 5.45. The summed E-state index contributed by atoms with van der Waals surface area (Å²) in [6.07, 6.45) is 0. The summed E-state index contributed by atoms with van der Waals surface area (Å²) in [5, 5.41) is 3.73. The molecule has 0 radical (unpaired) electrons.